The summed E-state index contributed by atoms with van der Waals surface area (Å²) >= 11 is 0. The van der Waals surface area contributed by atoms with Crippen LogP contribution in [-0.2, 0) is 14.1 Å². The molecule has 3 aromatic rings. The molecule has 0 aliphatic rings. The molecule has 2 aromatic heterocycles. The fourth-order valence-corrected chi connectivity index (χ4v) is 2.45. The van der Waals surface area contributed by atoms with Crippen LogP contribution in [0.2, 0.25) is 0 Å². The van der Waals surface area contributed by atoms with Crippen LogP contribution in [0.15, 0.2) is 44.2 Å². The van der Waals surface area contributed by atoms with E-state index in [1.165, 1.54) is 14.1 Å². The lowest BCUT2D eigenvalue weighted by Crippen LogP contribution is -2.10. The van der Waals surface area contributed by atoms with Crippen molar-refractivity contribution in [3.63, 3.8) is 0 Å². The van der Waals surface area contributed by atoms with Crippen molar-refractivity contribution in [1.82, 2.24) is 19.6 Å². The molecule has 2 heterocycles. The second-order valence-electron chi connectivity index (χ2n) is 5.16. The van der Waals surface area contributed by atoms with Gasteiger partial charge in [-0.3, -0.25) is 29.2 Å². The van der Waals surface area contributed by atoms with Crippen molar-refractivity contribution in [2.75, 3.05) is 0 Å². The molecule has 0 atom stereocenters. The third-order valence-corrected chi connectivity index (χ3v) is 3.69. The van der Waals surface area contributed by atoms with E-state index in [1.54, 1.807) is 24.3 Å². The number of nitrogens with zero attached hydrogens (tertiary/aromatic N) is 4. The van der Waals surface area contributed by atoms with E-state index >= 15 is 0 Å². The molecule has 0 spiro atoms. The van der Waals surface area contributed by atoms with Crippen molar-refractivity contribution in [2.45, 2.75) is 0 Å². The number of nitrogens with one attached hydrogen (secondary N) is 2. The zero-order valence-electron chi connectivity index (χ0n) is 12.7. The maximum absolute atomic E-state index is 11.8. The highest BCUT2D eigenvalue weighted by atomic mass is 16.3. The molecule has 0 amide bonds. The van der Waals surface area contributed by atoms with Crippen molar-refractivity contribution in [1.29, 1.82) is 0 Å². The van der Waals surface area contributed by atoms with Gasteiger partial charge in [-0.25, -0.2) is 0 Å². The summed E-state index contributed by atoms with van der Waals surface area (Å²) in [5, 5.41) is 11.0. The average Bonchev–Trinajstić information content (AvgIpc) is 3.04. The summed E-state index contributed by atoms with van der Waals surface area (Å²) < 4.78 is 2.31. The van der Waals surface area contributed by atoms with Crippen LogP contribution in [0.5, 0.6) is 0 Å². The molecule has 0 aliphatic heterocycles. The predicted molar refractivity (Wildman–Crippen MR) is 87.4 cm³/mol. The number of hydrogen-bond donors (Lipinski definition) is 2. The number of rotatable bonds is 4. The van der Waals surface area contributed by atoms with Crippen molar-refractivity contribution < 1.29 is 0 Å². The highest BCUT2D eigenvalue weighted by Gasteiger charge is 2.17. The molecule has 0 saturated heterocycles. The maximum Gasteiger partial charge on any atom is 0.296 e. The van der Waals surface area contributed by atoms with Gasteiger partial charge >= 0.3 is 0 Å². The van der Waals surface area contributed by atoms with Crippen molar-refractivity contribution in [3.8, 4) is 22.5 Å². The second-order valence-corrected chi connectivity index (χ2v) is 5.16. The van der Waals surface area contributed by atoms with Gasteiger partial charge in [0.05, 0.1) is 11.4 Å². The Morgan fingerprint density at radius 3 is 1.38 bits per heavy atom. The lowest BCUT2D eigenvalue weighted by molar-refractivity contribution is 0.742. The predicted octanol–water partition coefficient (Wildman–Crippen LogP) is 1.87. The molecule has 3 rings (SSSR count). The van der Waals surface area contributed by atoms with Gasteiger partial charge in [-0.2, -0.15) is 0 Å². The SMILES string of the molecule is Cn1[nH]c(-c2ccc(-c3[nH]n(C)c(=O)c3N=O)cc2)c(N=O)c1=O. The summed E-state index contributed by atoms with van der Waals surface area (Å²) in [6.07, 6.45) is 0. The van der Waals surface area contributed by atoms with Gasteiger partial charge in [-0.05, 0) is 10.4 Å². The van der Waals surface area contributed by atoms with Crippen LogP contribution < -0.4 is 11.1 Å². The Kier molecular flexibility index (Phi) is 3.56. The molecule has 2 N–H and O–H groups in total. The van der Waals surface area contributed by atoms with Crippen molar-refractivity contribution in [2.24, 2.45) is 24.4 Å². The lowest BCUT2D eigenvalue weighted by atomic mass is 10.1. The van der Waals surface area contributed by atoms with Crippen molar-refractivity contribution in [3.05, 3.63) is 54.8 Å². The molecule has 0 bridgehead atoms. The summed E-state index contributed by atoms with van der Waals surface area (Å²) in [7, 11) is 2.96. The Balaban J connectivity index is 2.10. The van der Waals surface area contributed by atoms with Crippen molar-refractivity contribution >= 4 is 11.4 Å². The zero-order valence-corrected chi connectivity index (χ0v) is 12.7. The Bertz CT molecular complexity index is 965. The van der Waals surface area contributed by atoms with Crippen LogP contribution in [-0.4, -0.2) is 19.6 Å². The molecule has 0 aliphatic carbocycles. The molecule has 0 saturated carbocycles. The third-order valence-electron chi connectivity index (χ3n) is 3.69. The molecule has 1 aromatic carbocycles. The van der Waals surface area contributed by atoms with Gasteiger partial charge in [-0.15, -0.1) is 9.81 Å². The van der Waals surface area contributed by atoms with Crippen LogP contribution in [0.25, 0.3) is 22.5 Å². The van der Waals surface area contributed by atoms with Gasteiger partial charge in [0, 0.05) is 25.2 Å². The minimum absolute atomic E-state index is 0.214. The summed E-state index contributed by atoms with van der Waals surface area (Å²) in [6.45, 7) is 0. The normalized spacial score (nSPS) is 10.8. The highest BCUT2D eigenvalue weighted by molar-refractivity contribution is 5.76. The van der Waals surface area contributed by atoms with Gasteiger partial charge in [0.15, 0.2) is 11.4 Å². The van der Waals surface area contributed by atoms with Gasteiger partial charge in [0.25, 0.3) is 11.1 Å². The first-order valence-corrected chi connectivity index (χ1v) is 6.83. The zero-order chi connectivity index (χ0) is 17.4. The number of benzene rings is 1. The fraction of sp³-hybridized carbons (Fsp3) is 0.143. The van der Waals surface area contributed by atoms with E-state index in [-0.39, 0.29) is 11.4 Å². The first-order chi connectivity index (χ1) is 11.5. The largest absolute Gasteiger partial charge is 0.296 e. The smallest absolute Gasteiger partial charge is 0.293 e. The van der Waals surface area contributed by atoms with Gasteiger partial charge in [0.2, 0.25) is 0 Å². The summed E-state index contributed by atoms with van der Waals surface area (Å²) in [6, 6.07) is 6.54. The van der Waals surface area contributed by atoms with E-state index in [4.69, 9.17) is 0 Å². The Hall–Kier alpha value is -3.56. The molecule has 122 valence electrons. The van der Waals surface area contributed by atoms with Crippen LogP contribution in [0.3, 0.4) is 0 Å². The Labute approximate surface area is 133 Å². The molecular formula is C14H12N6O4. The van der Waals surface area contributed by atoms with Gasteiger partial charge in [0.1, 0.15) is 0 Å². The first kappa shape index (κ1) is 15.3. The van der Waals surface area contributed by atoms with E-state index in [0.717, 1.165) is 9.36 Å². The van der Waals surface area contributed by atoms with E-state index in [9.17, 15) is 19.4 Å². The summed E-state index contributed by atoms with van der Waals surface area (Å²) in [5.41, 5.74) is 0.226. The van der Waals surface area contributed by atoms with Gasteiger partial charge in [-0.1, -0.05) is 24.3 Å². The van der Waals surface area contributed by atoms with Gasteiger partial charge < -0.3 is 0 Å². The summed E-state index contributed by atoms with van der Waals surface area (Å²) in [5.74, 6) is 0. The first-order valence-electron chi connectivity index (χ1n) is 6.83. The monoisotopic (exact) mass is 328 g/mol. The minimum atomic E-state index is -0.524. The third kappa shape index (κ3) is 2.20. The number of H-pyrrole nitrogens is 2. The van der Waals surface area contributed by atoms with Crippen LogP contribution in [0.4, 0.5) is 11.4 Å². The fourth-order valence-electron chi connectivity index (χ4n) is 2.45. The molecule has 0 radical (unpaired) electrons. The molecule has 0 unspecified atom stereocenters. The standard InChI is InChI=1S/C14H12N6O4/c1-19-13(21)11(17-23)9(15-19)7-3-5-8(6-4-7)10-12(18-24)14(22)20(2)16-10/h3-6,15-16H,1-2H3. The summed E-state index contributed by atoms with van der Waals surface area (Å²) in [4.78, 5) is 45.3. The number of aromatic nitrogens is 4. The highest BCUT2D eigenvalue weighted by Crippen LogP contribution is 2.30. The number of hydrogen-bond acceptors (Lipinski definition) is 6. The van der Waals surface area contributed by atoms with E-state index < -0.39 is 11.1 Å². The van der Waals surface area contributed by atoms with Crippen LogP contribution in [0, 0.1) is 9.81 Å². The van der Waals surface area contributed by atoms with E-state index in [1.807, 2.05) is 0 Å². The maximum atomic E-state index is 11.8. The molecule has 10 nitrogen and oxygen atoms in total. The molecule has 10 heteroatoms. The topological polar surface area (TPSA) is 134 Å². The molecule has 0 fully saturated rings. The Morgan fingerprint density at radius 2 is 1.08 bits per heavy atom. The lowest BCUT2D eigenvalue weighted by Gasteiger charge is -2.02. The van der Waals surface area contributed by atoms with Crippen LogP contribution >= 0.6 is 0 Å². The molecule has 24 heavy (non-hydrogen) atoms. The quantitative estimate of drug-likeness (QED) is 0.707. The van der Waals surface area contributed by atoms with E-state index in [2.05, 4.69) is 20.6 Å². The molecular weight excluding hydrogens is 316 g/mol. The minimum Gasteiger partial charge on any atom is -0.293 e. The van der Waals surface area contributed by atoms with Crippen LogP contribution in [0.1, 0.15) is 0 Å². The Morgan fingerprint density at radius 1 is 0.750 bits per heavy atom. The number of nitroso groups, excluding NO2 is 2. The van der Waals surface area contributed by atoms with E-state index in [0.29, 0.717) is 22.5 Å². The number of aromatic amines is 2. The number of aryl methyl sites for hydroxylation is 2. The average molecular weight is 328 g/mol. The second kappa shape index (κ2) is 5.57.